The molecule has 2 heterocycles. The van der Waals surface area contributed by atoms with Gasteiger partial charge in [-0.25, -0.2) is 14.1 Å². The van der Waals surface area contributed by atoms with E-state index in [1.807, 2.05) is 4.68 Å². The van der Waals surface area contributed by atoms with Crippen molar-refractivity contribution in [3.8, 4) is 5.75 Å². The molecule has 2 aromatic rings. The number of hydrogen-bond acceptors (Lipinski definition) is 5. The van der Waals surface area contributed by atoms with Gasteiger partial charge in [0.2, 0.25) is 0 Å². The molecule has 0 unspecified atom stereocenters. The van der Waals surface area contributed by atoms with Gasteiger partial charge in [-0.3, -0.25) is 4.90 Å². The van der Waals surface area contributed by atoms with Crippen LogP contribution >= 0.6 is 0 Å². The van der Waals surface area contributed by atoms with Gasteiger partial charge in [-0.2, -0.15) is 5.10 Å². The summed E-state index contributed by atoms with van der Waals surface area (Å²) < 4.78 is 20.8. The molecule has 1 saturated heterocycles. The molecule has 3 rings (SSSR count). The summed E-state index contributed by atoms with van der Waals surface area (Å²) in [5.74, 6) is 1.65. The second-order valence-electron chi connectivity index (χ2n) is 6.78. The fourth-order valence-electron chi connectivity index (χ4n) is 3.38. The molecule has 0 bridgehead atoms. The number of likely N-dealkylation sites (tertiary alicyclic amines) is 1. The number of aryl methyl sites for hydroxylation is 1. The number of rotatable bonds is 7. The van der Waals surface area contributed by atoms with Gasteiger partial charge in [-0.15, -0.1) is 0 Å². The van der Waals surface area contributed by atoms with E-state index < -0.39 is 0 Å². The Morgan fingerprint density at radius 3 is 3.00 bits per heavy atom. The lowest BCUT2D eigenvalue weighted by Crippen LogP contribution is -2.27. The quantitative estimate of drug-likeness (QED) is 0.820. The number of ether oxygens (including phenoxy) is 1. The number of hydrogen-bond donors (Lipinski definition) is 1. The highest BCUT2D eigenvalue weighted by Crippen LogP contribution is 2.28. The van der Waals surface area contributed by atoms with Crippen molar-refractivity contribution >= 4 is 0 Å². The maximum Gasteiger partial charge on any atom is 0.188 e. The maximum atomic E-state index is 13.3. The van der Waals surface area contributed by atoms with Gasteiger partial charge in [0.1, 0.15) is 24.0 Å². The van der Waals surface area contributed by atoms with Crippen LogP contribution in [0.1, 0.15) is 49.8 Å². The summed E-state index contributed by atoms with van der Waals surface area (Å²) in [6.45, 7) is 1.99. The van der Waals surface area contributed by atoms with Crippen molar-refractivity contribution in [1.82, 2.24) is 19.7 Å². The van der Waals surface area contributed by atoms with E-state index in [2.05, 4.69) is 17.0 Å². The molecule has 1 aromatic carbocycles. The van der Waals surface area contributed by atoms with Crippen LogP contribution in [0.25, 0.3) is 0 Å². The number of benzene rings is 1. The van der Waals surface area contributed by atoms with Crippen LogP contribution in [-0.2, 0) is 13.2 Å². The Bertz CT molecular complexity index is 707. The molecule has 1 aliphatic rings. The van der Waals surface area contributed by atoms with E-state index in [-0.39, 0.29) is 25.1 Å². The lowest BCUT2D eigenvalue weighted by Gasteiger charge is -2.25. The molecule has 1 atom stereocenters. The lowest BCUT2D eigenvalue weighted by atomic mass is 10.1. The van der Waals surface area contributed by atoms with E-state index >= 15 is 0 Å². The third-order valence-corrected chi connectivity index (χ3v) is 4.75. The Hall–Kier alpha value is -1.99. The topological polar surface area (TPSA) is 63.4 Å². The minimum Gasteiger partial charge on any atom is -0.485 e. The first-order chi connectivity index (χ1) is 12.7. The molecule has 0 aliphatic carbocycles. The summed E-state index contributed by atoms with van der Waals surface area (Å²) in [6.07, 6.45) is 5.31. The molecule has 1 aliphatic heterocycles. The SMILES string of the molecule is CN1CCCCC[C@@H]1c1nc(COc2cccc(F)c2)nn1CCCO. The van der Waals surface area contributed by atoms with Gasteiger partial charge >= 0.3 is 0 Å². The molecule has 7 heteroatoms. The number of aliphatic hydroxyl groups excluding tert-OH is 1. The van der Waals surface area contributed by atoms with Gasteiger partial charge in [-0.05, 0) is 45.0 Å². The normalized spacial score (nSPS) is 18.7. The Balaban J connectivity index is 1.76. The third-order valence-electron chi connectivity index (χ3n) is 4.75. The van der Waals surface area contributed by atoms with Gasteiger partial charge in [0.15, 0.2) is 5.82 Å². The molecule has 0 spiro atoms. The molecule has 1 N–H and O–H groups in total. The Labute approximate surface area is 153 Å². The fraction of sp³-hybridized carbons (Fsp3) is 0.579. The van der Waals surface area contributed by atoms with Crippen molar-refractivity contribution in [1.29, 1.82) is 0 Å². The third kappa shape index (κ3) is 4.80. The fourth-order valence-corrected chi connectivity index (χ4v) is 3.38. The van der Waals surface area contributed by atoms with Gasteiger partial charge in [0, 0.05) is 19.2 Å². The summed E-state index contributed by atoms with van der Waals surface area (Å²) in [4.78, 5) is 7.06. The van der Waals surface area contributed by atoms with Crippen LogP contribution in [0.15, 0.2) is 24.3 Å². The summed E-state index contributed by atoms with van der Waals surface area (Å²) >= 11 is 0. The second kappa shape index (κ2) is 9.09. The lowest BCUT2D eigenvalue weighted by molar-refractivity contribution is 0.228. The summed E-state index contributed by atoms with van der Waals surface area (Å²) in [7, 11) is 2.13. The highest BCUT2D eigenvalue weighted by molar-refractivity contribution is 5.22. The molecule has 0 amide bonds. The maximum absolute atomic E-state index is 13.3. The molecular formula is C19H27FN4O2. The molecule has 0 saturated carbocycles. The van der Waals surface area contributed by atoms with Gasteiger partial charge < -0.3 is 9.84 Å². The predicted molar refractivity (Wildman–Crippen MR) is 96.3 cm³/mol. The van der Waals surface area contributed by atoms with E-state index in [1.165, 1.54) is 31.4 Å². The first kappa shape index (κ1) is 18.8. The zero-order valence-electron chi connectivity index (χ0n) is 15.3. The first-order valence-corrected chi connectivity index (χ1v) is 9.30. The van der Waals surface area contributed by atoms with Gasteiger partial charge in [-0.1, -0.05) is 18.9 Å². The van der Waals surface area contributed by atoms with Crippen molar-refractivity contribution in [3.63, 3.8) is 0 Å². The van der Waals surface area contributed by atoms with Crippen LogP contribution < -0.4 is 4.74 Å². The van der Waals surface area contributed by atoms with E-state index in [0.29, 0.717) is 24.5 Å². The average Bonchev–Trinajstić information content (AvgIpc) is 2.91. The summed E-state index contributed by atoms with van der Waals surface area (Å²) in [5, 5.41) is 13.8. The van der Waals surface area contributed by atoms with Crippen LogP contribution in [0, 0.1) is 5.82 Å². The number of aromatic nitrogens is 3. The molecule has 1 aromatic heterocycles. The number of aliphatic hydroxyl groups is 1. The average molecular weight is 362 g/mol. The van der Waals surface area contributed by atoms with Crippen molar-refractivity contribution in [2.75, 3.05) is 20.2 Å². The molecule has 0 radical (unpaired) electrons. The minimum atomic E-state index is -0.329. The van der Waals surface area contributed by atoms with Crippen LogP contribution in [0.5, 0.6) is 5.75 Å². The monoisotopic (exact) mass is 362 g/mol. The van der Waals surface area contributed by atoms with Crippen molar-refractivity contribution < 1.29 is 14.2 Å². The van der Waals surface area contributed by atoms with Crippen LogP contribution in [0.4, 0.5) is 4.39 Å². The zero-order valence-corrected chi connectivity index (χ0v) is 15.3. The largest absolute Gasteiger partial charge is 0.485 e. The van der Waals surface area contributed by atoms with E-state index in [9.17, 15) is 9.50 Å². The minimum absolute atomic E-state index is 0.120. The van der Waals surface area contributed by atoms with Crippen molar-refractivity contribution in [2.24, 2.45) is 0 Å². The summed E-state index contributed by atoms with van der Waals surface area (Å²) in [6, 6.07) is 6.29. The summed E-state index contributed by atoms with van der Waals surface area (Å²) in [5.41, 5.74) is 0. The van der Waals surface area contributed by atoms with Crippen LogP contribution in [0.2, 0.25) is 0 Å². The Kier molecular flexibility index (Phi) is 6.57. The molecule has 26 heavy (non-hydrogen) atoms. The van der Waals surface area contributed by atoms with Gasteiger partial charge in [0.05, 0.1) is 6.04 Å². The number of halogens is 1. The molecule has 6 nitrogen and oxygen atoms in total. The van der Waals surface area contributed by atoms with E-state index in [0.717, 1.165) is 18.8 Å². The molecule has 142 valence electrons. The van der Waals surface area contributed by atoms with Crippen molar-refractivity contribution in [2.45, 2.75) is 51.3 Å². The Morgan fingerprint density at radius 2 is 2.19 bits per heavy atom. The first-order valence-electron chi connectivity index (χ1n) is 9.30. The molecular weight excluding hydrogens is 335 g/mol. The highest BCUT2D eigenvalue weighted by atomic mass is 19.1. The van der Waals surface area contributed by atoms with E-state index in [1.54, 1.807) is 12.1 Å². The van der Waals surface area contributed by atoms with Gasteiger partial charge in [0.25, 0.3) is 0 Å². The predicted octanol–water partition coefficient (Wildman–Crippen LogP) is 2.93. The standard InChI is InChI=1S/C19H27FN4O2/c1-23-10-4-2-3-9-17(23)19-21-18(22-24(19)11-6-12-25)14-26-16-8-5-7-15(20)13-16/h5,7-8,13,17,25H,2-4,6,9-12,14H2,1H3/t17-/m1/s1. The van der Waals surface area contributed by atoms with E-state index in [4.69, 9.17) is 9.72 Å². The highest BCUT2D eigenvalue weighted by Gasteiger charge is 2.25. The van der Waals surface area contributed by atoms with Crippen LogP contribution in [-0.4, -0.2) is 45.0 Å². The Morgan fingerprint density at radius 1 is 1.31 bits per heavy atom. The van der Waals surface area contributed by atoms with Crippen molar-refractivity contribution in [3.05, 3.63) is 41.7 Å². The second-order valence-corrected chi connectivity index (χ2v) is 6.78. The zero-order chi connectivity index (χ0) is 18.4. The number of nitrogens with zero attached hydrogens (tertiary/aromatic N) is 4. The van der Waals surface area contributed by atoms with Crippen LogP contribution in [0.3, 0.4) is 0 Å². The molecule has 1 fully saturated rings. The smallest absolute Gasteiger partial charge is 0.188 e.